The number of amidine groups is 1. The Morgan fingerprint density at radius 2 is 1.55 bits per heavy atom. The van der Waals surface area contributed by atoms with Crippen molar-refractivity contribution in [3.63, 3.8) is 0 Å². The van der Waals surface area contributed by atoms with E-state index in [-0.39, 0.29) is 21.9 Å². The van der Waals surface area contributed by atoms with Crippen LogP contribution in [0.15, 0.2) is 52.4 Å². The van der Waals surface area contributed by atoms with Gasteiger partial charge in [-0.25, -0.2) is 0 Å². The van der Waals surface area contributed by atoms with Crippen LogP contribution in [0.2, 0.25) is 0 Å². The highest BCUT2D eigenvalue weighted by Gasteiger charge is 2.28. The van der Waals surface area contributed by atoms with Gasteiger partial charge in [-0.05, 0) is 58.5 Å². The van der Waals surface area contributed by atoms with Crippen molar-refractivity contribution in [2.24, 2.45) is 4.99 Å². The smallest absolute Gasteiger partial charge is 0.279 e. The zero-order chi connectivity index (χ0) is 23.0. The molecular weight excluding hydrogens is 408 g/mol. The minimum atomic E-state index is -0.403. The van der Waals surface area contributed by atoms with E-state index >= 15 is 0 Å². The van der Waals surface area contributed by atoms with Gasteiger partial charge in [-0.3, -0.25) is 9.59 Å². The Balaban J connectivity index is 1.97. The summed E-state index contributed by atoms with van der Waals surface area (Å²) in [6.07, 6.45) is 1.78. The topological polar surface area (TPSA) is 78.8 Å². The highest BCUT2D eigenvalue weighted by Crippen LogP contribution is 2.40. The van der Waals surface area contributed by atoms with Gasteiger partial charge in [0.05, 0.1) is 4.91 Å². The van der Waals surface area contributed by atoms with Gasteiger partial charge >= 0.3 is 0 Å². The first-order valence-corrected chi connectivity index (χ1v) is 10.9. The lowest BCUT2D eigenvalue weighted by atomic mass is 9.78. The third-order valence-corrected chi connectivity index (χ3v) is 5.83. The number of benzene rings is 2. The number of amides is 2. The lowest BCUT2D eigenvalue weighted by Crippen LogP contribution is -2.20. The maximum atomic E-state index is 12.5. The van der Waals surface area contributed by atoms with Crippen LogP contribution in [0.3, 0.4) is 0 Å². The summed E-state index contributed by atoms with van der Waals surface area (Å²) in [6.45, 7) is 12.3. The predicted octanol–water partition coefficient (Wildman–Crippen LogP) is 5.39. The molecule has 2 aromatic carbocycles. The van der Waals surface area contributed by atoms with E-state index in [0.29, 0.717) is 16.2 Å². The van der Waals surface area contributed by atoms with Gasteiger partial charge in [-0.2, -0.15) is 4.99 Å². The van der Waals surface area contributed by atoms with Crippen LogP contribution in [-0.2, 0) is 15.6 Å². The van der Waals surface area contributed by atoms with E-state index in [2.05, 4.69) is 10.3 Å². The van der Waals surface area contributed by atoms with E-state index < -0.39 is 5.91 Å². The normalized spacial score (nSPS) is 17.3. The summed E-state index contributed by atoms with van der Waals surface area (Å²) in [5.41, 5.74) is 2.40. The molecule has 2 aromatic rings. The van der Waals surface area contributed by atoms with Gasteiger partial charge in [0.1, 0.15) is 5.75 Å². The Morgan fingerprint density at radius 1 is 1.00 bits per heavy atom. The molecule has 0 spiro atoms. The zero-order valence-electron chi connectivity index (χ0n) is 18.7. The van der Waals surface area contributed by atoms with Gasteiger partial charge in [0.25, 0.3) is 11.8 Å². The van der Waals surface area contributed by atoms with Crippen LogP contribution < -0.4 is 5.32 Å². The number of phenolic OH excluding ortho intramolecular Hbond substituents is 1. The van der Waals surface area contributed by atoms with Crippen LogP contribution in [0.5, 0.6) is 5.75 Å². The fourth-order valence-electron chi connectivity index (χ4n) is 3.25. The second kappa shape index (κ2) is 8.35. The molecule has 5 nitrogen and oxygen atoms in total. The van der Waals surface area contributed by atoms with Crippen molar-refractivity contribution in [2.75, 3.05) is 0 Å². The molecule has 0 unspecified atom stereocenters. The van der Waals surface area contributed by atoms with Crippen molar-refractivity contribution in [1.82, 2.24) is 5.32 Å². The average Bonchev–Trinajstić information content (AvgIpc) is 3.00. The molecule has 162 valence electrons. The van der Waals surface area contributed by atoms with Crippen LogP contribution in [0.4, 0.5) is 0 Å². The van der Waals surface area contributed by atoms with Gasteiger partial charge in [-0.15, -0.1) is 0 Å². The summed E-state index contributed by atoms with van der Waals surface area (Å²) < 4.78 is 0. The molecule has 3 rings (SSSR count). The van der Waals surface area contributed by atoms with Crippen LogP contribution in [0.25, 0.3) is 6.08 Å². The number of nitrogens with zero attached hydrogens (tertiary/aromatic N) is 1. The van der Waals surface area contributed by atoms with Crippen molar-refractivity contribution in [1.29, 1.82) is 0 Å². The van der Waals surface area contributed by atoms with Crippen LogP contribution >= 0.6 is 11.8 Å². The Hall–Kier alpha value is -2.86. The number of aliphatic imine (C=N–C) groups is 1. The molecule has 0 aromatic heterocycles. The van der Waals surface area contributed by atoms with Gasteiger partial charge in [0, 0.05) is 16.7 Å². The predicted molar refractivity (Wildman–Crippen MR) is 127 cm³/mol. The second-order valence-corrected chi connectivity index (χ2v) is 10.6. The first kappa shape index (κ1) is 22.8. The summed E-state index contributed by atoms with van der Waals surface area (Å²) >= 11 is 1.13. The van der Waals surface area contributed by atoms with Gasteiger partial charge in [0.2, 0.25) is 0 Å². The first-order chi connectivity index (χ1) is 14.4. The van der Waals surface area contributed by atoms with Crippen LogP contribution in [0.1, 0.15) is 68.6 Å². The number of phenols is 1. The third kappa shape index (κ3) is 5.25. The van der Waals surface area contributed by atoms with Gasteiger partial charge in [0.15, 0.2) is 5.17 Å². The number of rotatable bonds is 2. The molecule has 0 radical (unpaired) electrons. The van der Waals surface area contributed by atoms with Crippen molar-refractivity contribution in [3.05, 3.63) is 69.6 Å². The van der Waals surface area contributed by atoms with Gasteiger partial charge < -0.3 is 10.4 Å². The molecular formula is C25H28N2O3S. The molecule has 0 aliphatic carbocycles. The van der Waals surface area contributed by atoms with E-state index in [0.717, 1.165) is 28.5 Å². The largest absolute Gasteiger partial charge is 0.507 e. The molecule has 0 bridgehead atoms. The Kier molecular flexibility index (Phi) is 6.14. The Bertz CT molecular complexity index is 1050. The van der Waals surface area contributed by atoms with Crippen LogP contribution in [-0.4, -0.2) is 22.1 Å². The standard InChI is InChI=1S/C25H28N2O3S/c1-24(2,3)17-12-15(13-18(20(17)28)25(4,5)6)14-19-22(30)27-23(31-19)26-21(29)16-10-8-7-9-11-16/h7-14,28H,1-6H3,(H,26,27,29,30)/b19-14-. The molecule has 1 saturated heterocycles. The fourth-order valence-corrected chi connectivity index (χ4v) is 4.07. The highest BCUT2D eigenvalue weighted by atomic mass is 32.2. The fraction of sp³-hybridized carbons (Fsp3) is 0.320. The summed E-state index contributed by atoms with van der Waals surface area (Å²) in [5, 5.41) is 13.8. The van der Waals surface area contributed by atoms with E-state index in [4.69, 9.17) is 0 Å². The molecule has 2 amide bonds. The van der Waals surface area contributed by atoms with E-state index in [9.17, 15) is 14.7 Å². The Morgan fingerprint density at radius 3 is 2.06 bits per heavy atom. The molecule has 1 aliphatic heterocycles. The zero-order valence-corrected chi connectivity index (χ0v) is 19.6. The van der Waals surface area contributed by atoms with Gasteiger partial charge in [-0.1, -0.05) is 59.7 Å². The number of aromatic hydroxyl groups is 1. The van der Waals surface area contributed by atoms with Crippen molar-refractivity contribution in [2.45, 2.75) is 52.4 Å². The molecule has 2 N–H and O–H groups in total. The maximum Gasteiger partial charge on any atom is 0.279 e. The molecule has 31 heavy (non-hydrogen) atoms. The number of hydrogen-bond donors (Lipinski definition) is 2. The van der Waals surface area contributed by atoms with Crippen molar-refractivity contribution >= 4 is 34.8 Å². The number of carbonyl (C=O) groups is 2. The summed E-state index contributed by atoms with van der Waals surface area (Å²) in [7, 11) is 0. The lowest BCUT2D eigenvalue weighted by Gasteiger charge is -2.28. The molecule has 1 heterocycles. The summed E-state index contributed by atoms with van der Waals surface area (Å²) in [6, 6.07) is 12.6. The molecule has 6 heteroatoms. The maximum absolute atomic E-state index is 12.5. The number of carbonyl (C=O) groups excluding carboxylic acids is 2. The van der Waals surface area contributed by atoms with Crippen LogP contribution in [0, 0.1) is 0 Å². The second-order valence-electron chi connectivity index (χ2n) is 9.62. The third-order valence-electron chi connectivity index (χ3n) is 4.92. The number of thioether (sulfide) groups is 1. The summed E-state index contributed by atoms with van der Waals surface area (Å²) in [4.78, 5) is 29.3. The Labute approximate surface area is 187 Å². The minimum absolute atomic E-state index is 0.260. The first-order valence-electron chi connectivity index (χ1n) is 10.1. The average molecular weight is 437 g/mol. The number of hydrogen-bond acceptors (Lipinski definition) is 4. The monoisotopic (exact) mass is 436 g/mol. The van der Waals surface area contributed by atoms with Crippen molar-refractivity contribution in [3.8, 4) is 5.75 Å². The molecule has 0 saturated carbocycles. The molecule has 0 atom stereocenters. The quantitative estimate of drug-likeness (QED) is 0.619. The SMILES string of the molecule is CC(C)(C)c1cc(/C=C2\SC(=NC(=O)c3ccccc3)NC2=O)cc(C(C)(C)C)c1O. The van der Waals surface area contributed by atoms with E-state index in [1.807, 2.05) is 59.7 Å². The minimum Gasteiger partial charge on any atom is -0.507 e. The van der Waals surface area contributed by atoms with E-state index in [1.165, 1.54) is 0 Å². The van der Waals surface area contributed by atoms with E-state index in [1.54, 1.807) is 30.3 Å². The summed E-state index contributed by atoms with van der Waals surface area (Å²) in [5.74, 6) is -0.409. The van der Waals surface area contributed by atoms with Crippen molar-refractivity contribution < 1.29 is 14.7 Å². The highest BCUT2D eigenvalue weighted by molar-refractivity contribution is 8.18. The molecule has 1 fully saturated rings. The number of nitrogens with one attached hydrogen (secondary N) is 1. The molecule has 1 aliphatic rings. The lowest BCUT2D eigenvalue weighted by molar-refractivity contribution is -0.115.